The highest BCUT2D eigenvalue weighted by molar-refractivity contribution is 5.93. The summed E-state index contributed by atoms with van der Waals surface area (Å²) in [5.41, 5.74) is 2.05. The van der Waals surface area contributed by atoms with Crippen molar-refractivity contribution in [2.75, 3.05) is 19.0 Å². The Bertz CT molecular complexity index is 774. The molecule has 2 aromatic rings. The molecule has 0 bridgehead atoms. The van der Waals surface area contributed by atoms with Crippen molar-refractivity contribution >= 4 is 17.3 Å². The van der Waals surface area contributed by atoms with Gasteiger partial charge in [0.25, 0.3) is 5.91 Å². The lowest BCUT2D eigenvalue weighted by Crippen LogP contribution is -2.20. The predicted molar refractivity (Wildman–Crippen MR) is 89.7 cm³/mol. The van der Waals surface area contributed by atoms with Crippen LogP contribution in [0.25, 0.3) is 0 Å². The quantitative estimate of drug-likeness (QED) is 0.648. The van der Waals surface area contributed by atoms with Gasteiger partial charge in [0.2, 0.25) is 0 Å². The van der Waals surface area contributed by atoms with Crippen molar-refractivity contribution < 1.29 is 19.2 Å². The fraction of sp³-hybridized carbons (Fsp3) is 0.235. The number of anilines is 1. The second kappa shape index (κ2) is 7.45. The van der Waals surface area contributed by atoms with Crippen LogP contribution in [0.2, 0.25) is 0 Å². The molecular weight excluding hydrogens is 312 g/mol. The molecule has 0 saturated carbocycles. The van der Waals surface area contributed by atoms with Gasteiger partial charge in [-0.15, -0.1) is 0 Å². The molecule has 0 aliphatic carbocycles. The van der Waals surface area contributed by atoms with Gasteiger partial charge in [0.15, 0.2) is 12.4 Å². The standard InChI is InChI=1S/C17H18N2O5/c1-11-4-6-15(23-3)13(8-11)18-17(20)10-24-16-7-5-12(2)9-14(16)19(21)22/h4-9H,10H2,1-3H3,(H,18,20). The van der Waals surface area contributed by atoms with Gasteiger partial charge in [0.05, 0.1) is 17.7 Å². The van der Waals surface area contributed by atoms with Crippen LogP contribution >= 0.6 is 0 Å². The Hall–Kier alpha value is -3.09. The number of carbonyl (C=O) groups is 1. The van der Waals surface area contributed by atoms with Crippen LogP contribution in [0, 0.1) is 24.0 Å². The summed E-state index contributed by atoms with van der Waals surface area (Å²) < 4.78 is 10.5. The Kier molecular flexibility index (Phi) is 5.36. The summed E-state index contributed by atoms with van der Waals surface area (Å²) in [4.78, 5) is 22.6. The third-order valence-electron chi connectivity index (χ3n) is 3.30. The second-order valence-electron chi connectivity index (χ2n) is 5.27. The lowest BCUT2D eigenvalue weighted by Gasteiger charge is -2.12. The molecule has 1 N–H and O–H groups in total. The molecule has 2 aromatic carbocycles. The van der Waals surface area contributed by atoms with Crippen molar-refractivity contribution in [3.05, 3.63) is 57.6 Å². The fourth-order valence-electron chi connectivity index (χ4n) is 2.14. The van der Waals surface area contributed by atoms with Gasteiger partial charge in [-0.3, -0.25) is 14.9 Å². The SMILES string of the molecule is COc1ccc(C)cc1NC(=O)COc1ccc(C)cc1[N+](=O)[O-]. The molecule has 0 spiro atoms. The summed E-state index contributed by atoms with van der Waals surface area (Å²) in [5, 5.41) is 13.7. The number of nitrogens with zero attached hydrogens (tertiary/aromatic N) is 1. The summed E-state index contributed by atoms with van der Waals surface area (Å²) in [7, 11) is 1.51. The molecule has 0 atom stereocenters. The first kappa shape index (κ1) is 17.3. The van der Waals surface area contributed by atoms with E-state index in [0.717, 1.165) is 11.1 Å². The number of nitrogens with one attached hydrogen (secondary N) is 1. The molecule has 0 saturated heterocycles. The number of ether oxygens (including phenoxy) is 2. The van der Waals surface area contributed by atoms with Crippen LogP contribution in [0.1, 0.15) is 11.1 Å². The van der Waals surface area contributed by atoms with Gasteiger partial charge in [0, 0.05) is 6.07 Å². The van der Waals surface area contributed by atoms with E-state index in [9.17, 15) is 14.9 Å². The van der Waals surface area contributed by atoms with Crippen molar-refractivity contribution in [2.24, 2.45) is 0 Å². The summed E-state index contributed by atoms with van der Waals surface area (Å²) in [5.74, 6) is 0.140. The zero-order valence-electron chi connectivity index (χ0n) is 13.7. The average Bonchev–Trinajstić information content (AvgIpc) is 2.53. The van der Waals surface area contributed by atoms with Gasteiger partial charge < -0.3 is 14.8 Å². The highest BCUT2D eigenvalue weighted by Crippen LogP contribution is 2.28. The van der Waals surface area contributed by atoms with Crippen molar-refractivity contribution in [3.8, 4) is 11.5 Å². The molecule has 7 heteroatoms. The van der Waals surface area contributed by atoms with Crippen molar-refractivity contribution in [1.29, 1.82) is 0 Å². The smallest absolute Gasteiger partial charge is 0.311 e. The first-order chi connectivity index (χ1) is 11.4. The molecule has 0 aliphatic rings. The van der Waals surface area contributed by atoms with E-state index in [2.05, 4.69) is 5.32 Å². The summed E-state index contributed by atoms with van der Waals surface area (Å²) in [6.45, 7) is 3.29. The Morgan fingerprint density at radius 2 is 1.75 bits per heavy atom. The minimum Gasteiger partial charge on any atom is -0.495 e. The first-order valence-corrected chi connectivity index (χ1v) is 7.23. The van der Waals surface area contributed by atoms with Gasteiger partial charge in [-0.1, -0.05) is 12.1 Å². The first-order valence-electron chi connectivity index (χ1n) is 7.23. The molecule has 7 nitrogen and oxygen atoms in total. The van der Waals surface area contributed by atoms with Crippen LogP contribution in [0.15, 0.2) is 36.4 Å². The maximum absolute atomic E-state index is 12.1. The number of hydrogen-bond acceptors (Lipinski definition) is 5. The van der Waals surface area contributed by atoms with Gasteiger partial charge in [-0.05, 0) is 43.2 Å². The molecular formula is C17H18N2O5. The number of carbonyl (C=O) groups excluding carboxylic acids is 1. The molecule has 126 valence electrons. The van der Waals surface area contributed by atoms with Gasteiger partial charge in [-0.25, -0.2) is 0 Å². The van der Waals surface area contributed by atoms with Gasteiger partial charge >= 0.3 is 5.69 Å². The van der Waals surface area contributed by atoms with Crippen LogP contribution in [-0.4, -0.2) is 24.5 Å². The largest absolute Gasteiger partial charge is 0.495 e. The normalized spacial score (nSPS) is 10.1. The number of methoxy groups -OCH3 is 1. The number of nitro groups is 1. The van der Waals surface area contributed by atoms with Crippen molar-refractivity contribution in [3.63, 3.8) is 0 Å². The lowest BCUT2D eigenvalue weighted by molar-refractivity contribution is -0.385. The van der Waals surface area contributed by atoms with Gasteiger partial charge in [0.1, 0.15) is 5.75 Å². The fourth-order valence-corrected chi connectivity index (χ4v) is 2.14. The minimum absolute atomic E-state index is 0.0527. The molecule has 0 unspecified atom stereocenters. The predicted octanol–water partition coefficient (Wildman–Crippen LogP) is 3.24. The Labute approximate surface area is 139 Å². The van der Waals surface area contributed by atoms with Crippen molar-refractivity contribution in [1.82, 2.24) is 0 Å². The minimum atomic E-state index is -0.538. The molecule has 1 amide bonds. The van der Waals surface area contributed by atoms with E-state index in [0.29, 0.717) is 11.4 Å². The van der Waals surface area contributed by atoms with E-state index in [1.165, 1.54) is 19.2 Å². The molecule has 0 fully saturated rings. The summed E-state index contributed by atoms with van der Waals surface area (Å²) >= 11 is 0. The topological polar surface area (TPSA) is 90.7 Å². The second-order valence-corrected chi connectivity index (χ2v) is 5.27. The Morgan fingerprint density at radius 1 is 1.12 bits per heavy atom. The summed E-state index contributed by atoms with van der Waals surface area (Å²) in [6.07, 6.45) is 0. The number of benzene rings is 2. The van der Waals surface area contributed by atoms with E-state index in [4.69, 9.17) is 9.47 Å². The third-order valence-corrected chi connectivity index (χ3v) is 3.30. The van der Waals surface area contributed by atoms with Crippen LogP contribution < -0.4 is 14.8 Å². The lowest BCUT2D eigenvalue weighted by atomic mass is 10.2. The molecule has 24 heavy (non-hydrogen) atoms. The number of amides is 1. The van der Waals surface area contributed by atoms with Crippen LogP contribution in [0.4, 0.5) is 11.4 Å². The molecule has 0 aromatic heterocycles. The number of aryl methyl sites for hydroxylation is 2. The number of hydrogen-bond donors (Lipinski definition) is 1. The molecule has 0 radical (unpaired) electrons. The van der Waals surface area contributed by atoms with Crippen molar-refractivity contribution in [2.45, 2.75) is 13.8 Å². The average molecular weight is 330 g/mol. The molecule has 0 aliphatic heterocycles. The maximum Gasteiger partial charge on any atom is 0.311 e. The van der Waals surface area contributed by atoms with E-state index in [1.54, 1.807) is 25.1 Å². The van der Waals surface area contributed by atoms with E-state index >= 15 is 0 Å². The van der Waals surface area contributed by atoms with Crippen LogP contribution in [0.3, 0.4) is 0 Å². The zero-order chi connectivity index (χ0) is 17.7. The number of nitro benzene ring substituents is 1. The van der Waals surface area contributed by atoms with Crippen LogP contribution in [0.5, 0.6) is 11.5 Å². The maximum atomic E-state index is 12.1. The van der Waals surface area contributed by atoms with Crippen LogP contribution in [-0.2, 0) is 4.79 Å². The zero-order valence-corrected chi connectivity index (χ0v) is 13.7. The van der Waals surface area contributed by atoms with E-state index in [-0.39, 0.29) is 18.0 Å². The molecule has 0 heterocycles. The Morgan fingerprint density at radius 3 is 2.38 bits per heavy atom. The monoisotopic (exact) mass is 330 g/mol. The highest BCUT2D eigenvalue weighted by atomic mass is 16.6. The van der Waals surface area contributed by atoms with Gasteiger partial charge in [-0.2, -0.15) is 0 Å². The highest BCUT2D eigenvalue weighted by Gasteiger charge is 2.16. The third kappa shape index (κ3) is 4.22. The van der Waals surface area contributed by atoms with E-state index in [1.807, 2.05) is 13.0 Å². The number of rotatable bonds is 6. The molecule has 2 rings (SSSR count). The summed E-state index contributed by atoms with van der Waals surface area (Å²) in [6, 6.07) is 9.94. The van der Waals surface area contributed by atoms with E-state index < -0.39 is 10.8 Å². The Balaban J connectivity index is 2.07.